The molecule has 1 aromatic carbocycles. The van der Waals surface area contributed by atoms with Crippen molar-refractivity contribution in [1.82, 2.24) is 0 Å². The molecule has 0 aromatic heterocycles. The Morgan fingerprint density at radius 2 is 2.00 bits per heavy atom. The number of hydrogen-bond donors (Lipinski definition) is 2. The number of benzene rings is 1. The predicted octanol–water partition coefficient (Wildman–Crippen LogP) is 1.15. The van der Waals surface area contributed by atoms with Gasteiger partial charge in [0.05, 0.1) is 0 Å². The number of nitrogens with two attached hydrogens (primary N) is 1. The second-order valence-electron chi connectivity index (χ2n) is 2.62. The molecule has 66 valence electrons. The lowest BCUT2D eigenvalue weighted by Gasteiger charge is -2.08. The van der Waals surface area contributed by atoms with Crippen LogP contribution in [0.2, 0.25) is 0 Å². The molecule has 0 bridgehead atoms. The molecule has 0 aliphatic heterocycles. The van der Waals surface area contributed by atoms with E-state index in [-0.39, 0.29) is 12.2 Å². The second kappa shape index (κ2) is 4.41. The number of rotatable bonds is 3. The summed E-state index contributed by atoms with van der Waals surface area (Å²) in [6.07, 6.45) is 0.161. The molecule has 0 saturated carbocycles. The van der Waals surface area contributed by atoms with E-state index in [1.165, 1.54) is 0 Å². The first kappa shape index (κ1) is 9.46. The van der Waals surface area contributed by atoms with Crippen LogP contribution in [0.25, 0.3) is 0 Å². The average molecular weight is 185 g/mol. The summed E-state index contributed by atoms with van der Waals surface area (Å²) in [6.45, 7) is 0. The lowest BCUT2D eigenvalue weighted by molar-refractivity contribution is 0.498. The first-order valence-corrected chi connectivity index (χ1v) is 5.28. The maximum atomic E-state index is 10.5. The molecule has 2 unspecified atom stereocenters. The van der Waals surface area contributed by atoms with Crippen LogP contribution in [0.5, 0.6) is 0 Å². The normalized spacial score (nSPS) is 15.5. The molecular formula is C8H12NO2P. The SMILES string of the molecule is NC(C[PH](=O)O)c1ccccc1. The summed E-state index contributed by atoms with van der Waals surface area (Å²) in [5.41, 5.74) is 6.57. The van der Waals surface area contributed by atoms with Crippen molar-refractivity contribution in [1.29, 1.82) is 0 Å². The van der Waals surface area contributed by atoms with Crippen molar-refractivity contribution in [2.45, 2.75) is 6.04 Å². The summed E-state index contributed by atoms with van der Waals surface area (Å²) in [6, 6.07) is 9.01. The molecule has 1 aromatic rings. The van der Waals surface area contributed by atoms with Gasteiger partial charge in [0.15, 0.2) is 8.03 Å². The standard InChI is InChI=1S/C8H12NO2P/c9-8(6-12(10)11)7-4-2-1-3-5-7/h1-5,8,12H,6,9H2,(H,10,11). The minimum absolute atomic E-state index is 0.161. The molecule has 0 radical (unpaired) electrons. The van der Waals surface area contributed by atoms with Gasteiger partial charge in [-0.2, -0.15) is 0 Å². The zero-order valence-electron chi connectivity index (χ0n) is 6.60. The second-order valence-corrected chi connectivity index (χ2v) is 3.81. The maximum absolute atomic E-state index is 10.5. The van der Waals surface area contributed by atoms with Crippen LogP contribution in [0.1, 0.15) is 11.6 Å². The Morgan fingerprint density at radius 1 is 1.42 bits per heavy atom. The van der Waals surface area contributed by atoms with Crippen LogP contribution in [0.4, 0.5) is 0 Å². The van der Waals surface area contributed by atoms with E-state index in [1.54, 1.807) is 0 Å². The summed E-state index contributed by atoms with van der Waals surface area (Å²) in [4.78, 5) is 8.65. The predicted molar refractivity (Wildman–Crippen MR) is 49.5 cm³/mol. The van der Waals surface area contributed by atoms with Gasteiger partial charge in [-0.1, -0.05) is 30.3 Å². The van der Waals surface area contributed by atoms with Crippen LogP contribution in [-0.2, 0) is 4.57 Å². The van der Waals surface area contributed by atoms with Crippen molar-refractivity contribution >= 4 is 8.03 Å². The minimum Gasteiger partial charge on any atom is -0.346 e. The molecule has 1 rings (SSSR count). The molecule has 2 atom stereocenters. The molecule has 3 N–H and O–H groups in total. The summed E-state index contributed by atoms with van der Waals surface area (Å²) >= 11 is 0. The Kier molecular flexibility index (Phi) is 3.48. The zero-order valence-corrected chi connectivity index (χ0v) is 7.60. The van der Waals surface area contributed by atoms with E-state index in [2.05, 4.69) is 0 Å². The van der Waals surface area contributed by atoms with E-state index in [1.807, 2.05) is 30.3 Å². The van der Waals surface area contributed by atoms with Crippen LogP contribution >= 0.6 is 8.03 Å². The molecule has 0 heterocycles. The van der Waals surface area contributed by atoms with Gasteiger partial charge in [0.2, 0.25) is 0 Å². The van der Waals surface area contributed by atoms with Gasteiger partial charge >= 0.3 is 0 Å². The molecule has 4 heteroatoms. The molecule has 3 nitrogen and oxygen atoms in total. The van der Waals surface area contributed by atoms with Crippen molar-refractivity contribution in [3.63, 3.8) is 0 Å². The third kappa shape index (κ3) is 2.78. The molecule has 0 amide bonds. The molecule has 0 spiro atoms. The van der Waals surface area contributed by atoms with Crippen molar-refractivity contribution in [3.8, 4) is 0 Å². The van der Waals surface area contributed by atoms with E-state index in [4.69, 9.17) is 10.6 Å². The van der Waals surface area contributed by atoms with E-state index in [0.29, 0.717) is 0 Å². The van der Waals surface area contributed by atoms with Crippen LogP contribution in [0.3, 0.4) is 0 Å². The highest BCUT2D eigenvalue weighted by atomic mass is 31.1. The fourth-order valence-electron chi connectivity index (χ4n) is 1.01. The summed E-state index contributed by atoms with van der Waals surface area (Å²) in [7, 11) is -2.46. The van der Waals surface area contributed by atoms with Crippen LogP contribution < -0.4 is 5.73 Å². The lowest BCUT2D eigenvalue weighted by Crippen LogP contribution is -2.12. The summed E-state index contributed by atoms with van der Waals surface area (Å²) in [5, 5.41) is 0. The first-order chi connectivity index (χ1) is 5.70. The maximum Gasteiger partial charge on any atom is 0.190 e. The van der Waals surface area contributed by atoms with Gasteiger partial charge in [-0.05, 0) is 5.56 Å². The molecule has 12 heavy (non-hydrogen) atoms. The van der Waals surface area contributed by atoms with Crippen molar-refractivity contribution in [2.75, 3.05) is 6.16 Å². The van der Waals surface area contributed by atoms with E-state index >= 15 is 0 Å². The summed E-state index contributed by atoms with van der Waals surface area (Å²) in [5.74, 6) is 0. The Morgan fingerprint density at radius 3 is 2.50 bits per heavy atom. The van der Waals surface area contributed by atoms with Crippen LogP contribution in [-0.4, -0.2) is 11.1 Å². The lowest BCUT2D eigenvalue weighted by atomic mass is 10.1. The van der Waals surface area contributed by atoms with Crippen LogP contribution in [0, 0.1) is 0 Å². The molecule has 0 aliphatic carbocycles. The van der Waals surface area contributed by atoms with Gasteiger partial charge in [-0.3, -0.25) is 4.57 Å². The van der Waals surface area contributed by atoms with Gasteiger partial charge < -0.3 is 10.6 Å². The Bertz CT molecular complexity index is 263. The quantitative estimate of drug-likeness (QED) is 0.694. The highest BCUT2D eigenvalue weighted by Crippen LogP contribution is 2.21. The highest BCUT2D eigenvalue weighted by molar-refractivity contribution is 7.38. The number of hydrogen-bond acceptors (Lipinski definition) is 2. The van der Waals surface area contributed by atoms with Crippen molar-refractivity contribution in [3.05, 3.63) is 35.9 Å². The highest BCUT2D eigenvalue weighted by Gasteiger charge is 2.06. The topological polar surface area (TPSA) is 63.3 Å². The van der Waals surface area contributed by atoms with Gasteiger partial charge in [-0.25, -0.2) is 0 Å². The minimum atomic E-state index is -2.46. The van der Waals surface area contributed by atoms with E-state index in [9.17, 15) is 4.57 Å². The largest absolute Gasteiger partial charge is 0.346 e. The van der Waals surface area contributed by atoms with Gasteiger partial charge in [-0.15, -0.1) is 0 Å². The third-order valence-corrected chi connectivity index (χ3v) is 2.41. The zero-order chi connectivity index (χ0) is 8.97. The average Bonchev–Trinajstić information content (AvgIpc) is 2.05. The summed E-state index contributed by atoms with van der Waals surface area (Å²) < 4.78 is 10.5. The Labute approximate surface area is 72.1 Å². The molecular weight excluding hydrogens is 173 g/mol. The fourth-order valence-corrected chi connectivity index (χ4v) is 1.62. The van der Waals surface area contributed by atoms with Crippen LogP contribution in [0.15, 0.2) is 30.3 Å². The van der Waals surface area contributed by atoms with Gasteiger partial charge in [0, 0.05) is 12.2 Å². The Balaban J connectivity index is 2.65. The molecule has 0 fully saturated rings. The Hall–Kier alpha value is -0.630. The monoisotopic (exact) mass is 185 g/mol. The smallest absolute Gasteiger partial charge is 0.190 e. The van der Waals surface area contributed by atoms with E-state index in [0.717, 1.165) is 5.56 Å². The van der Waals surface area contributed by atoms with Crippen molar-refractivity contribution < 1.29 is 9.46 Å². The molecule has 0 aliphatic rings. The van der Waals surface area contributed by atoms with Crippen molar-refractivity contribution in [2.24, 2.45) is 5.73 Å². The molecule has 0 saturated heterocycles. The van der Waals surface area contributed by atoms with E-state index < -0.39 is 8.03 Å². The van der Waals surface area contributed by atoms with Gasteiger partial charge in [0.25, 0.3) is 0 Å². The fraction of sp³-hybridized carbons (Fsp3) is 0.250. The third-order valence-electron chi connectivity index (χ3n) is 1.62. The first-order valence-electron chi connectivity index (χ1n) is 3.72. The van der Waals surface area contributed by atoms with Gasteiger partial charge in [0.1, 0.15) is 0 Å².